The first-order valence-electron chi connectivity index (χ1n) is 8.27. The third-order valence-corrected chi connectivity index (χ3v) is 4.61. The summed E-state index contributed by atoms with van der Waals surface area (Å²) in [5, 5.41) is 0. The molecule has 3 rings (SSSR count). The van der Waals surface area contributed by atoms with Crippen LogP contribution in [0.1, 0.15) is 36.0 Å². The van der Waals surface area contributed by atoms with Crippen molar-refractivity contribution in [2.24, 2.45) is 0 Å². The molecule has 0 amide bonds. The molecule has 0 heterocycles. The highest BCUT2D eigenvalue weighted by atomic mass is 16.5. The van der Waals surface area contributed by atoms with Crippen molar-refractivity contribution in [1.82, 2.24) is 4.90 Å². The molecule has 0 spiro atoms. The number of methoxy groups -OCH3 is 1. The van der Waals surface area contributed by atoms with Gasteiger partial charge in [-0.05, 0) is 53.8 Å². The van der Waals surface area contributed by atoms with E-state index in [4.69, 9.17) is 4.74 Å². The molecule has 0 bridgehead atoms. The number of benzene rings is 2. The highest BCUT2D eigenvalue weighted by Gasteiger charge is 2.18. The molecule has 1 aliphatic carbocycles. The number of ether oxygens (including phenoxy) is 1. The second-order valence-electron chi connectivity index (χ2n) is 6.47. The van der Waals surface area contributed by atoms with Gasteiger partial charge in [-0.25, -0.2) is 0 Å². The van der Waals surface area contributed by atoms with Crippen molar-refractivity contribution in [3.8, 4) is 5.75 Å². The Kier molecular flexibility index (Phi) is 4.82. The zero-order valence-electron chi connectivity index (χ0n) is 14.3. The second kappa shape index (κ2) is 7.01. The van der Waals surface area contributed by atoms with Gasteiger partial charge in [-0.15, -0.1) is 0 Å². The zero-order chi connectivity index (χ0) is 16.2. The van der Waals surface area contributed by atoms with Crippen LogP contribution in [-0.4, -0.2) is 25.6 Å². The van der Waals surface area contributed by atoms with Crippen LogP contribution >= 0.6 is 0 Å². The van der Waals surface area contributed by atoms with E-state index in [1.165, 1.54) is 22.3 Å². The van der Waals surface area contributed by atoms with Gasteiger partial charge in [0.2, 0.25) is 0 Å². The van der Waals surface area contributed by atoms with Crippen LogP contribution < -0.4 is 4.74 Å². The first-order chi connectivity index (χ1) is 11.2. The number of allylic oxidation sites excluding steroid dienone is 1. The first kappa shape index (κ1) is 15.8. The lowest BCUT2D eigenvalue weighted by molar-refractivity contribution is 0.367. The molecule has 2 aromatic rings. The number of rotatable bonds is 5. The van der Waals surface area contributed by atoms with Crippen molar-refractivity contribution in [2.45, 2.75) is 25.8 Å². The van der Waals surface area contributed by atoms with E-state index >= 15 is 0 Å². The summed E-state index contributed by atoms with van der Waals surface area (Å²) in [7, 11) is 3.89. The lowest BCUT2D eigenvalue weighted by Gasteiger charge is -2.26. The predicted molar refractivity (Wildman–Crippen MR) is 96.8 cm³/mol. The van der Waals surface area contributed by atoms with E-state index in [1.807, 2.05) is 12.1 Å². The summed E-state index contributed by atoms with van der Waals surface area (Å²) in [5.74, 6) is 1.54. The average molecular weight is 307 g/mol. The Hall–Kier alpha value is -2.06. The molecule has 1 atom stereocenters. The maximum absolute atomic E-state index is 5.22. The van der Waals surface area contributed by atoms with Gasteiger partial charge in [0.15, 0.2) is 0 Å². The number of hydrogen-bond acceptors (Lipinski definition) is 2. The van der Waals surface area contributed by atoms with Crippen molar-refractivity contribution < 1.29 is 4.74 Å². The minimum absolute atomic E-state index is 0.627. The minimum Gasteiger partial charge on any atom is -0.497 e. The van der Waals surface area contributed by atoms with E-state index in [1.54, 1.807) is 7.11 Å². The Morgan fingerprint density at radius 3 is 2.52 bits per heavy atom. The SMILES string of the molecule is COc1ccc(CN(C)CC2=CCC(C)c3ccccc32)cc1. The fraction of sp³-hybridized carbons (Fsp3) is 0.333. The molecule has 0 saturated carbocycles. The van der Waals surface area contributed by atoms with Crippen molar-refractivity contribution in [2.75, 3.05) is 20.7 Å². The van der Waals surface area contributed by atoms with E-state index in [-0.39, 0.29) is 0 Å². The smallest absolute Gasteiger partial charge is 0.118 e. The van der Waals surface area contributed by atoms with Gasteiger partial charge in [0.25, 0.3) is 0 Å². The van der Waals surface area contributed by atoms with Crippen molar-refractivity contribution in [3.05, 3.63) is 71.3 Å². The number of likely N-dealkylation sites (N-methyl/N-ethyl adjacent to an activating group) is 1. The summed E-state index contributed by atoms with van der Waals surface area (Å²) in [4.78, 5) is 2.38. The molecule has 2 nitrogen and oxygen atoms in total. The third-order valence-electron chi connectivity index (χ3n) is 4.61. The molecular formula is C21H25NO. The Labute approximate surface area is 139 Å². The van der Waals surface area contributed by atoms with Crippen molar-refractivity contribution in [3.63, 3.8) is 0 Å². The molecule has 2 heteroatoms. The predicted octanol–water partition coefficient (Wildman–Crippen LogP) is 4.72. The van der Waals surface area contributed by atoms with Gasteiger partial charge in [-0.1, -0.05) is 49.4 Å². The largest absolute Gasteiger partial charge is 0.497 e. The summed E-state index contributed by atoms with van der Waals surface area (Å²) < 4.78 is 5.22. The molecule has 2 aromatic carbocycles. The fourth-order valence-electron chi connectivity index (χ4n) is 3.31. The summed E-state index contributed by atoms with van der Waals surface area (Å²) in [5.41, 5.74) is 5.68. The third kappa shape index (κ3) is 3.65. The topological polar surface area (TPSA) is 12.5 Å². The monoisotopic (exact) mass is 307 g/mol. The van der Waals surface area contributed by atoms with Crippen LogP contribution in [0.4, 0.5) is 0 Å². The standard InChI is InChI=1S/C21H25NO/c1-16-8-11-18(21-7-5-4-6-20(16)21)15-22(2)14-17-9-12-19(23-3)13-10-17/h4-7,9-13,16H,8,14-15H2,1-3H3. The highest BCUT2D eigenvalue weighted by molar-refractivity contribution is 5.72. The molecule has 0 saturated heterocycles. The summed E-state index contributed by atoms with van der Waals surface area (Å²) in [6, 6.07) is 17.2. The molecule has 1 unspecified atom stereocenters. The van der Waals surface area contributed by atoms with Crippen LogP contribution in [0.2, 0.25) is 0 Å². The van der Waals surface area contributed by atoms with Gasteiger partial charge in [-0.2, -0.15) is 0 Å². The molecule has 1 aliphatic rings. The van der Waals surface area contributed by atoms with Gasteiger partial charge in [-0.3, -0.25) is 4.90 Å². The molecule has 0 radical (unpaired) electrons. The normalized spacial score (nSPS) is 16.9. The van der Waals surface area contributed by atoms with Crippen LogP contribution in [-0.2, 0) is 6.54 Å². The maximum atomic E-state index is 5.22. The number of hydrogen-bond donors (Lipinski definition) is 0. The van der Waals surface area contributed by atoms with E-state index in [0.717, 1.165) is 25.3 Å². The van der Waals surface area contributed by atoms with Crippen LogP contribution in [0, 0.1) is 0 Å². The van der Waals surface area contributed by atoms with E-state index in [9.17, 15) is 0 Å². The molecular weight excluding hydrogens is 282 g/mol. The lowest BCUT2D eigenvalue weighted by atomic mass is 9.84. The van der Waals surface area contributed by atoms with Gasteiger partial charge >= 0.3 is 0 Å². The Morgan fingerprint density at radius 2 is 1.78 bits per heavy atom. The van der Waals surface area contributed by atoms with Gasteiger partial charge in [0.05, 0.1) is 7.11 Å². The average Bonchev–Trinajstić information content (AvgIpc) is 2.58. The number of nitrogens with zero attached hydrogens (tertiary/aromatic N) is 1. The van der Waals surface area contributed by atoms with E-state index in [0.29, 0.717) is 5.92 Å². The van der Waals surface area contributed by atoms with Crippen LogP contribution in [0.25, 0.3) is 5.57 Å². The van der Waals surface area contributed by atoms with Crippen molar-refractivity contribution in [1.29, 1.82) is 0 Å². The summed E-state index contributed by atoms with van der Waals surface area (Å²) in [6.07, 6.45) is 3.56. The second-order valence-corrected chi connectivity index (χ2v) is 6.47. The maximum Gasteiger partial charge on any atom is 0.118 e. The highest BCUT2D eigenvalue weighted by Crippen LogP contribution is 2.34. The molecule has 0 aromatic heterocycles. The van der Waals surface area contributed by atoms with E-state index in [2.05, 4.69) is 61.3 Å². The minimum atomic E-state index is 0.627. The first-order valence-corrected chi connectivity index (χ1v) is 8.27. The molecule has 0 N–H and O–H groups in total. The summed E-state index contributed by atoms with van der Waals surface area (Å²) >= 11 is 0. The fourth-order valence-corrected chi connectivity index (χ4v) is 3.31. The number of fused-ring (bicyclic) bond motifs is 1. The van der Waals surface area contributed by atoms with Crippen LogP contribution in [0.5, 0.6) is 5.75 Å². The van der Waals surface area contributed by atoms with Crippen molar-refractivity contribution >= 4 is 5.57 Å². The summed E-state index contributed by atoms with van der Waals surface area (Å²) in [6.45, 7) is 4.24. The zero-order valence-corrected chi connectivity index (χ0v) is 14.3. The van der Waals surface area contributed by atoms with Gasteiger partial charge < -0.3 is 4.74 Å². The van der Waals surface area contributed by atoms with Gasteiger partial charge in [0, 0.05) is 13.1 Å². The molecule has 120 valence electrons. The molecule has 0 fully saturated rings. The van der Waals surface area contributed by atoms with Crippen LogP contribution in [0.15, 0.2) is 54.6 Å². The molecule has 23 heavy (non-hydrogen) atoms. The quantitative estimate of drug-likeness (QED) is 0.792. The van der Waals surface area contributed by atoms with Gasteiger partial charge in [0.1, 0.15) is 5.75 Å². The molecule has 0 aliphatic heterocycles. The van der Waals surface area contributed by atoms with Crippen LogP contribution in [0.3, 0.4) is 0 Å². The Morgan fingerprint density at radius 1 is 1.04 bits per heavy atom. The Balaban J connectivity index is 1.69. The Bertz CT molecular complexity index is 687. The lowest BCUT2D eigenvalue weighted by Crippen LogP contribution is -2.21. The van der Waals surface area contributed by atoms with E-state index < -0.39 is 0 Å².